The van der Waals surface area contributed by atoms with E-state index in [9.17, 15) is 9.59 Å². The van der Waals surface area contributed by atoms with Gasteiger partial charge in [-0.2, -0.15) is 0 Å². The molecule has 2 aromatic carbocycles. The van der Waals surface area contributed by atoms with Crippen molar-refractivity contribution in [2.75, 3.05) is 0 Å². The number of aldehydes is 2. The Bertz CT molecular complexity index is 530. The van der Waals surface area contributed by atoms with Crippen LogP contribution in [0.3, 0.4) is 0 Å². The first-order valence-electron chi connectivity index (χ1n) is 4.95. The lowest BCUT2D eigenvalue weighted by Gasteiger charge is -2.04. The van der Waals surface area contributed by atoms with Gasteiger partial charge in [-0.15, -0.1) is 0 Å². The van der Waals surface area contributed by atoms with E-state index in [4.69, 9.17) is 0 Å². The van der Waals surface area contributed by atoms with Crippen LogP contribution in [0.15, 0.2) is 48.5 Å². The van der Waals surface area contributed by atoms with Crippen LogP contribution in [0.25, 0.3) is 11.1 Å². The van der Waals surface area contributed by atoms with Crippen molar-refractivity contribution in [2.24, 2.45) is 0 Å². The lowest BCUT2D eigenvalue weighted by atomic mass is 9.99. The summed E-state index contributed by atoms with van der Waals surface area (Å²) >= 11 is 0. The maximum absolute atomic E-state index is 10.9. The summed E-state index contributed by atoms with van der Waals surface area (Å²) in [6, 6.07) is 14.5. The van der Waals surface area contributed by atoms with Gasteiger partial charge in [0.2, 0.25) is 0 Å². The molecular formula is C14H10O2. The summed E-state index contributed by atoms with van der Waals surface area (Å²) in [5, 5.41) is 0. The number of hydrogen-bond acceptors (Lipinski definition) is 2. The molecule has 0 N–H and O–H groups in total. The fourth-order valence-electron chi connectivity index (χ4n) is 1.64. The molecule has 2 aromatic rings. The molecule has 0 aromatic heterocycles. The standard InChI is InChI=1S/C14H10O2/c15-9-11-4-3-6-12(8-11)14-7-2-1-5-13(14)10-16/h1-10H. The van der Waals surface area contributed by atoms with Crippen molar-refractivity contribution in [1.82, 2.24) is 0 Å². The van der Waals surface area contributed by atoms with Gasteiger partial charge in [0.25, 0.3) is 0 Å². The van der Waals surface area contributed by atoms with Gasteiger partial charge < -0.3 is 0 Å². The summed E-state index contributed by atoms with van der Waals surface area (Å²) < 4.78 is 0. The van der Waals surface area contributed by atoms with Gasteiger partial charge in [-0.05, 0) is 17.2 Å². The fraction of sp³-hybridized carbons (Fsp3) is 0. The minimum atomic E-state index is 0.609. The molecular weight excluding hydrogens is 200 g/mol. The predicted octanol–water partition coefficient (Wildman–Crippen LogP) is 2.98. The molecule has 0 aliphatic carbocycles. The third-order valence-corrected chi connectivity index (χ3v) is 2.42. The van der Waals surface area contributed by atoms with Crippen LogP contribution in [0.5, 0.6) is 0 Å². The zero-order valence-electron chi connectivity index (χ0n) is 8.59. The molecule has 0 radical (unpaired) electrons. The Morgan fingerprint density at radius 2 is 1.62 bits per heavy atom. The van der Waals surface area contributed by atoms with Crippen LogP contribution in [-0.2, 0) is 0 Å². The minimum absolute atomic E-state index is 0.609. The van der Waals surface area contributed by atoms with Crippen molar-refractivity contribution >= 4 is 12.6 Å². The lowest BCUT2D eigenvalue weighted by Crippen LogP contribution is -1.88. The minimum Gasteiger partial charge on any atom is -0.298 e. The van der Waals surface area contributed by atoms with Crippen molar-refractivity contribution < 1.29 is 9.59 Å². The third-order valence-electron chi connectivity index (χ3n) is 2.42. The van der Waals surface area contributed by atoms with Gasteiger partial charge in [0.15, 0.2) is 6.29 Å². The number of carbonyl (C=O) groups is 2. The number of rotatable bonds is 3. The Balaban J connectivity index is 2.57. The van der Waals surface area contributed by atoms with Gasteiger partial charge in [-0.1, -0.05) is 42.5 Å². The van der Waals surface area contributed by atoms with E-state index in [1.165, 1.54) is 0 Å². The van der Waals surface area contributed by atoms with Gasteiger partial charge in [-0.3, -0.25) is 9.59 Å². The second-order valence-corrected chi connectivity index (χ2v) is 3.45. The van der Waals surface area contributed by atoms with E-state index in [-0.39, 0.29) is 0 Å². The van der Waals surface area contributed by atoms with Gasteiger partial charge in [-0.25, -0.2) is 0 Å². The molecule has 0 amide bonds. The molecule has 0 aliphatic rings. The molecule has 2 heteroatoms. The first-order chi connectivity index (χ1) is 7.85. The summed E-state index contributed by atoms with van der Waals surface area (Å²) in [4.78, 5) is 21.6. The molecule has 0 spiro atoms. The molecule has 0 saturated heterocycles. The molecule has 16 heavy (non-hydrogen) atoms. The van der Waals surface area contributed by atoms with Crippen molar-refractivity contribution in [3.05, 3.63) is 59.7 Å². The van der Waals surface area contributed by atoms with Gasteiger partial charge in [0.1, 0.15) is 6.29 Å². The summed E-state index contributed by atoms with van der Waals surface area (Å²) in [6.07, 6.45) is 1.62. The van der Waals surface area contributed by atoms with Crippen LogP contribution in [0, 0.1) is 0 Å². The molecule has 0 bridgehead atoms. The largest absolute Gasteiger partial charge is 0.298 e. The summed E-state index contributed by atoms with van der Waals surface area (Å²) in [5.41, 5.74) is 2.97. The van der Waals surface area contributed by atoms with E-state index in [0.29, 0.717) is 11.1 Å². The fourth-order valence-corrected chi connectivity index (χ4v) is 1.64. The Morgan fingerprint density at radius 3 is 2.38 bits per heavy atom. The Labute approximate surface area is 93.5 Å². The van der Waals surface area contributed by atoms with Crippen LogP contribution in [0.1, 0.15) is 20.7 Å². The second kappa shape index (κ2) is 4.53. The zero-order valence-corrected chi connectivity index (χ0v) is 8.59. The monoisotopic (exact) mass is 210 g/mol. The smallest absolute Gasteiger partial charge is 0.150 e. The topological polar surface area (TPSA) is 34.1 Å². The van der Waals surface area contributed by atoms with Crippen molar-refractivity contribution in [3.8, 4) is 11.1 Å². The highest BCUT2D eigenvalue weighted by atomic mass is 16.1. The van der Waals surface area contributed by atoms with E-state index in [2.05, 4.69) is 0 Å². The molecule has 78 valence electrons. The van der Waals surface area contributed by atoms with E-state index in [1.807, 2.05) is 24.3 Å². The first kappa shape index (κ1) is 10.3. The zero-order chi connectivity index (χ0) is 11.4. The molecule has 0 saturated carbocycles. The summed E-state index contributed by atoms with van der Waals surface area (Å²) in [7, 11) is 0. The highest BCUT2D eigenvalue weighted by molar-refractivity contribution is 5.88. The third kappa shape index (κ3) is 1.91. The van der Waals surface area contributed by atoms with E-state index in [1.54, 1.807) is 24.3 Å². The van der Waals surface area contributed by atoms with Crippen molar-refractivity contribution in [3.63, 3.8) is 0 Å². The van der Waals surface area contributed by atoms with Crippen LogP contribution in [0.4, 0.5) is 0 Å². The van der Waals surface area contributed by atoms with Crippen LogP contribution in [0.2, 0.25) is 0 Å². The van der Waals surface area contributed by atoms with Crippen LogP contribution >= 0.6 is 0 Å². The molecule has 0 heterocycles. The highest BCUT2D eigenvalue weighted by Crippen LogP contribution is 2.22. The second-order valence-electron chi connectivity index (χ2n) is 3.45. The molecule has 0 unspecified atom stereocenters. The summed E-state index contributed by atoms with van der Waals surface area (Å²) in [5.74, 6) is 0. The molecule has 0 atom stereocenters. The normalized spacial score (nSPS) is 9.75. The molecule has 2 rings (SSSR count). The van der Waals surface area contributed by atoms with E-state index < -0.39 is 0 Å². The van der Waals surface area contributed by atoms with Crippen molar-refractivity contribution in [1.29, 1.82) is 0 Å². The van der Waals surface area contributed by atoms with Gasteiger partial charge in [0.05, 0.1) is 0 Å². The maximum atomic E-state index is 10.9. The Kier molecular flexibility index (Phi) is 2.92. The first-order valence-corrected chi connectivity index (χ1v) is 4.95. The number of benzene rings is 2. The average molecular weight is 210 g/mol. The lowest BCUT2D eigenvalue weighted by molar-refractivity contribution is 0.111. The predicted molar refractivity (Wildman–Crippen MR) is 62.7 cm³/mol. The quantitative estimate of drug-likeness (QED) is 0.730. The molecule has 0 aliphatic heterocycles. The Morgan fingerprint density at radius 1 is 0.812 bits per heavy atom. The highest BCUT2D eigenvalue weighted by Gasteiger charge is 2.03. The summed E-state index contributed by atoms with van der Waals surface area (Å²) in [6.45, 7) is 0. The average Bonchev–Trinajstić information content (AvgIpc) is 2.38. The Hall–Kier alpha value is -2.22. The number of carbonyl (C=O) groups excluding carboxylic acids is 2. The van der Waals surface area contributed by atoms with Crippen LogP contribution in [-0.4, -0.2) is 12.6 Å². The molecule has 2 nitrogen and oxygen atoms in total. The van der Waals surface area contributed by atoms with Gasteiger partial charge in [0, 0.05) is 11.1 Å². The number of hydrogen-bond donors (Lipinski definition) is 0. The van der Waals surface area contributed by atoms with Gasteiger partial charge >= 0.3 is 0 Å². The van der Waals surface area contributed by atoms with Crippen LogP contribution < -0.4 is 0 Å². The van der Waals surface area contributed by atoms with Crippen molar-refractivity contribution in [2.45, 2.75) is 0 Å². The molecule has 0 fully saturated rings. The maximum Gasteiger partial charge on any atom is 0.150 e. The van der Waals surface area contributed by atoms with E-state index >= 15 is 0 Å². The SMILES string of the molecule is O=Cc1cccc(-c2ccccc2C=O)c1. The van der Waals surface area contributed by atoms with E-state index in [0.717, 1.165) is 23.7 Å².